The Morgan fingerprint density at radius 3 is 1.36 bits per heavy atom. The number of ether oxygens (including phenoxy) is 5. The van der Waals surface area contributed by atoms with Crippen LogP contribution in [-0.4, -0.2) is 89.2 Å². The molecule has 1 rings (SSSR count). The van der Waals surface area contributed by atoms with Crippen molar-refractivity contribution in [2.75, 3.05) is 13.2 Å². The molecule has 12 nitrogen and oxygen atoms in total. The van der Waals surface area contributed by atoms with E-state index in [2.05, 4.69) is 106 Å². The first-order valence-corrected chi connectivity index (χ1v) is 28.6. The fraction of sp³-hybridized carbons (Fsp3) is 0.705. The molecule has 0 aromatic rings. The summed E-state index contributed by atoms with van der Waals surface area (Å²) in [5.74, 6) is -3.19. The molecule has 0 aliphatic carbocycles. The summed E-state index contributed by atoms with van der Waals surface area (Å²) in [5.41, 5.74) is 0. The van der Waals surface area contributed by atoms with E-state index >= 15 is 0 Å². The molecular weight excluding hydrogens is 925 g/mol. The predicted molar refractivity (Wildman–Crippen MR) is 294 cm³/mol. The Kier molecular flexibility index (Phi) is 44.7. The van der Waals surface area contributed by atoms with Crippen molar-refractivity contribution in [1.29, 1.82) is 0 Å². The Morgan fingerprint density at radius 1 is 0.466 bits per heavy atom. The van der Waals surface area contributed by atoms with Gasteiger partial charge < -0.3 is 39.0 Å². The highest BCUT2D eigenvalue weighted by Crippen LogP contribution is 2.26. The molecule has 1 fully saturated rings. The van der Waals surface area contributed by atoms with Crippen LogP contribution in [0.3, 0.4) is 0 Å². The average Bonchev–Trinajstić information content (AvgIpc) is 3.37. The number of unbranched alkanes of at least 4 members (excludes halogenated alkanes) is 19. The average molecular weight is 1030 g/mol. The molecule has 0 spiro atoms. The third-order valence-electron chi connectivity index (χ3n) is 12.5. The van der Waals surface area contributed by atoms with Crippen LogP contribution in [0.15, 0.2) is 85.1 Å². The minimum Gasteiger partial charge on any atom is -0.479 e. The zero-order chi connectivity index (χ0) is 53.3. The van der Waals surface area contributed by atoms with Crippen molar-refractivity contribution in [3.63, 3.8) is 0 Å². The van der Waals surface area contributed by atoms with E-state index in [1.54, 1.807) is 0 Å². The molecule has 0 aromatic heterocycles. The first-order chi connectivity index (χ1) is 35.6. The summed E-state index contributed by atoms with van der Waals surface area (Å²) in [6, 6.07) is 0. The van der Waals surface area contributed by atoms with E-state index in [1.165, 1.54) is 51.4 Å². The van der Waals surface area contributed by atoms with Gasteiger partial charge in [-0.25, -0.2) is 4.79 Å². The Morgan fingerprint density at radius 2 is 0.863 bits per heavy atom. The highest BCUT2D eigenvalue weighted by molar-refractivity contribution is 5.74. The monoisotopic (exact) mass is 1020 g/mol. The SMILES string of the molecule is CC/C=C\C/C=C\C/C=C\C/C=C\C/C=C\CCCCCC(=O)OCC(COC1OC(C(=O)O)C(O)C(O)C1OC(=O)CCCCCCC/C=C\C/C=C\CCCCC)OC(=O)CCCCCCCCCCC. The second-order valence-corrected chi connectivity index (χ2v) is 19.2. The Bertz CT molecular complexity index is 1590. The van der Waals surface area contributed by atoms with Gasteiger partial charge >= 0.3 is 23.9 Å². The summed E-state index contributed by atoms with van der Waals surface area (Å²) < 4.78 is 28.3. The van der Waals surface area contributed by atoms with Crippen LogP contribution in [0.25, 0.3) is 0 Å². The molecule has 73 heavy (non-hydrogen) atoms. The number of carboxylic acids is 1. The summed E-state index contributed by atoms with van der Waals surface area (Å²) in [5, 5.41) is 31.4. The fourth-order valence-electron chi connectivity index (χ4n) is 8.07. The summed E-state index contributed by atoms with van der Waals surface area (Å²) >= 11 is 0. The number of carbonyl (C=O) groups excluding carboxylic acids is 3. The first kappa shape index (κ1) is 66.9. The third-order valence-corrected chi connectivity index (χ3v) is 12.5. The van der Waals surface area contributed by atoms with Gasteiger partial charge in [0.2, 0.25) is 0 Å². The second kappa shape index (κ2) is 48.8. The molecule has 3 N–H and O–H groups in total. The maximum absolute atomic E-state index is 13.1. The smallest absolute Gasteiger partial charge is 0.335 e. The van der Waals surface area contributed by atoms with Crippen LogP contribution in [0.2, 0.25) is 0 Å². The van der Waals surface area contributed by atoms with Gasteiger partial charge in [0.15, 0.2) is 24.6 Å². The number of aliphatic carboxylic acids is 1. The van der Waals surface area contributed by atoms with E-state index in [4.69, 9.17) is 23.7 Å². The lowest BCUT2D eigenvalue weighted by Crippen LogP contribution is -2.61. The van der Waals surface area contributed by atoms with Crippen LogP contribution in [0.4, 0.5) is 0 Å². The van der Waals surface area contributed by atoms with E-state index in [1.807, 2.05) is 0 Å². The quantitative estimate of drug-likeness (QED) is 0.0228. The van der Waals surface area contributed by atoms with Crippen molar-refractivity contribution in [3.8, 4) is 0 Å². The van der Waals surface area contributed by atoms with Gasteiger partial charge in [-0.3, -0.25) is 14.4 Å². The Balaban J connectivity index is 2.69. The fourth-order valence-corrected chi connectivity index (χ4v) is 8.07. The van der Waals surface area contributed by atoms with Crippen molar-refractivity contribution in [1.82, 2.24) is 0 Å². The summed E-state index contributed by atoms with van der Waals surface area (Å²) in [7, 11) is 0. The van der Waals surface area contributed by atoms with E-state index in [0.29, 0.717) is 19.3 Å². The maximum Gasteiger partial charge on any atom is 0.335 e. The lowest BCUT2D eigenvalue weighted by molar-refractivity contribution is -0.301. The van der Waals surface area contributed by atoms with Gasteiger partial charge in [0, 0.05) is 19.3 Å². The number of carbonyl (C=O) groups is 4. The number of allylic oxidation sites excluding steroid dienone is 14. The molecule has 1 aliphatic heterocycles. The van der Waals surface area contributed by atoms with Crippen molar-refractivity contribution < 1.29 is 58.2 Å². The number of hydrogen-bond acceptors (Lipinski definition) is 11. The predicted octanol–water partition coefficient (Wildman–Crippen LogP) is 14.3. The molecule has 1 heterocycles. The number of hydrogen-bond donors (Lipinski definition) is 3. The lowest BCUT2D eigenvalue weighted by atomic mass is 9.98. The summed E-state index contributed by atoms with van der Waals surface area (Å²) in [6.07, 6.45) is 49.9. The summed E-state index contributed by atoms with van der Waals surface area (Å²) in [4.78, 5) is 50.9. The number of esters is 3. The van der Waals surface area contributed by atoms with E-state index < -0.39 is 67.3 Å². The Hall–Kier alpha value is -4.10. The molecule has 1 aliphatic rings. The maximum atomic E-state index is 13.1. The molecule has 6 unspecified atom stereocenters. The van der Waals surface area contributed by atoms with Crippen LogP contribution in [-0.2, 0) is 42.9 Å². The Labute approximate surface area is 441 Å². The molecule has 6 atom stereocenters. The molecular formula is C61H100O12. The normalized spacial score (nSPS) is 18.9. The molecule has 416 valence electrons. The van der Waals surface area contributed by atoms with Gasteiger partial charge in [-0.2, -0.15) is 0 Å². The third kappa shape index (κ3) is 39.0. The molecule has 1 saturated heterocycles. The van der Waals surface area contributed by atoms with E-state index in [0.717, 1.165) is 116 Å². The second-order valence-electron chi connectivity index (χ2n) is 19.2. The largest absolute Gasteiger partial charge is 0.479 e. The van der Waals surface area contributed by atoms with Crippen LogP contribution in [0.5, 0.6) is 0 Å². The highest BCUT2D eigenvalue weighted by Gasteiger charge is 2.50. The first-order valence-electron chi connectivity index (χ1n) is 28.6. The van der Waals surface area contributed by atoms with Gasteiger partial charge in [-0.15, -0.1) is 0 Å². The van der Waals surface area contributed by atoms with Gasteiger partial charge in [0.05, 0.1) is 6.61 Å². The van der Waals surface area contributed by atoms with Crippen LogP contribution in [0, 0.1) is 0 Å². The van der Waals surface area contributed by atoms with Crippen molar-refractivity contribution in [3.05, 3.63) is 85.1 Å². The molecule has 0 aromatic carbocycles. The highest BCUT2D eigenvalue weighted by atomic mass is 16.7. The number of aliphatic hydroxyl groups excluding tert-OH is 2. The molecule has 12 heteroatoms. The van der Waals surface area contributed by atoms with Crippen molar-refractivity contribution in [2.24, 2.45) is 0 Å². The minimum absolute atomic E-state index is 0.0390. The zero-order valence-electron chi connectivity index (χ0n) is 45.6. The van der Waals surface area contributed by atoms with Crippen LogP contribution >= 0.6 is 0 Å². The van der Waals surface area contributed by atoms with Gasteiger partial charge in [-0.05, 0) is 96.3 Å². The molecule has 0 radical (unpaired) electrons. The van der Waals surface area contributed by atoms with Gasteiger partial charge in [-0.1, -0.05) is 196 Å². The topological polar surface area (TPSA) is 175 Å². The summed E-state index contributed by atoms with van der Waals surface area (Å²) in [6.45, 7) is 5.78. The van der Waals surface area contributed by atoms with Crippen LogP contribution < -0.4 is 0 Å². The van der Waals surface area contributed by atoms with E-state index in [9.17, 15) is 34.5 Å². The van der Waals surface area contributed by atoms with Gasteiger partial charge in [0.1, 0.15) is 18.8 Å². The standard InChI is InChI=1S/C61H100O12/c1-4-7-10-13-16-19-21-23-25-26-27-28-30-31-33-36-38-41-44-47-53(62)69-50-52(71-54(63)48-45-42-39-35-18-15-12-9-6-3)51-70-61-59(57(66)56(65)58(73-61)60(67)68)72-55(64)49-46-43-40-37-34-32-29-24-22-20-17-14-11-8-5-2/h7,10,16-17,19-20,23-25,27-29,31,33,52,56-59,61,65-66H,4-6,8-9,11-15,18,21-22,26,30,32,34-51H2,1-3H3,(H,67,68)/b10-7-,19-16-,20-17-,25-23-,28-27-,29-24-,33-31-. The van der Waals surface area contributed by atoms with Crippen LogP contribution in [0.1, 0.15) is 226 Å². The lowest BCUT2D eigenvalue weighted by Gasteiger charge is -2.40. The number of carboxylic acid groups (broad SMARTS) is 1. The van der Waals surface area contributed by atoms with E-state index in [-0.39, 0.29) is 25.9 Å². The van der Waals surface area contributed by atoms with Crippen molar-refractivity contribution >= 4 is 23.9 Å². The molecule has 0 bridgehead atoms. The zero-order valence-corrected chi connectivity index (χ0v) is 45.6. The van der Waals surface area contributed by atoms with Crippen molar-refractivity contribution in [2.45, 2.75) is 263 Å². The number of aliphatic hydroxyl groups is 2. The number of rotatable bonds is 47. The molecule has 0 amide bonds. The molecule has 0 saturated carbocycles. The minimum atomic E-state index is -1.91. The van der Waals surface area contributed by atoms with Gasteiger partial charge in [0.25, 0.3) is 0 Å².